The highest BCUT2D eigenvalue weighted by Crippen LogP contribution is 2.41. The number of urea groups is 1. The third kappa shape index (κ3) is 6.05. The summed E-state index contributed by atoms with van der Waals surface area (Å²) in [5, 5.41) is 6.44. The van der Waals surface area contributed by atoms with Crippen LogP contribution in [0.4, 0.5) is 20.6 Å². The van der Waals surface area contributed by atoms with Gasteiger partial charge in [-0.15, -0.1) is 11.8 Å². The van der Waals surface area contributed by atoms with Crippen molar-refractivity contribution in [3.8, 4) is 0 Å². The summed E-state index contributed by atoms with van der Waals surface area (Å²) in [4.78, 5) is 12.0. The normalized spacial score (nSPS) is 11.7. The first-order valence-corrected chi connectivity index (χ1v) is 11.0. The highest BCUT2D eigenvalue weighted by atomic mass is 35.5. The Morgan fingerprint density at radius 2 is 1.83 bits per heavy atom. The number of anilines is 2. The lowest BCUT2D eigenvalue weighted by molar-refractivity contribution is 0.252. The van der Waals surface area contributed by atoms with Crippen LogP contribution in [0.5, 0.6) is 0 Å². The smallest absolute Gasteiger partial charge is 0.319 e. The minimum atomic E-state index is -0.412. The molecule has 1 unspecified atom stereocenters. The number of amides is 2. The Hall–Kier alpha value is -2.41. The first-order chi connectivity index (χ1) is 14.4. The van der Waals surface area contributed by atoms with Crippen LogP contribution < -0.4 is 16.4 Å². The summed E-state index contributed by atoms with van der Waals surface area (Å²) in [6.07, 6.45) is 0. The van der Waals surface area contributed by atoms with Crippen molar-refractivity contribution in [1.82, 2.24) is 5.32 Å². The van der Waals surface area contributed by atoms with Gasteiger partial charge in [-0.1, -0.05) is 47.5 Å². The molecule has 0 aliphatic heterocycles. The average molecular weight is 464 g/mol. The fourth-order valence-corrected chi connectivity index (χ4v) is 4.60. The summed E-state index contributed by atoms with van der Waals surface area (Å²) in [5.74, 6) is 0.184. The quantitative estimate of drug-likeness (QED) is 0.282. The van der Waals surface area contributed by atoms with Gasteiger partial charge in [-0.05, 0) is 53.6 Å². The van der Waals surface area contributed by atoms with Gasteiger partial charge >= 0.3 is 6.03 Å². The summed E-state index contributed by atoms with van der Waals surface area (Å²) in [6, 6.07) is 18.2. The molecule has 0 spiro atoms. The number of thioether (sulfide) groups is 1. The Bertz CT molecular complexity index is 1030. The Morgan fingerprint density at radius 3 is 2.60 bits per heavy atom. The summed E-state index contributed by atoms with van der Waals surface area (Å²) < 4.78 is 13.2. The van der Waals surface area contributed by atoms with Crippen molar-refractivity contribution in [3.63, 3.8) is 0 Å². The molecule has 3 aromatic carbocycles. The van der Waals surface area contributed by atoms with Crippen molar-refractivity contribution in [2.75, 3.05) is 23.3 Å². The molecule has 1 atom stereocenters. The number of nitrogen functional groups attached to an aromatic ring is 1. The third-order valence-corrected chi connectivity index (χ3v) is 6.13. The van der Waals surface area contributed by atoms with Crippen molar-refractivity contribution in [1.29, 1.82) is 0 Å². The molecule has 0 aromatic heterocycles. The lowest BCUT2D eigenvalue weighted by Crippen LogP contribution is -2.30. The van der Waals surface area contributed by atoms with Crippen LogP contribution in [0.3, 0.4) is 0 Å². The fourth-order valence-electron chi connectivity index (χ4n) is 2.89. The molecule has 156 valence electrons. The molecule has 0 bridgehead atoms. The van der Waals surface area contributed by atoms with E-state index >= 15 is 0 Å². The van der Waals surface area contributed by atoms with Gasteiger partial charge in [0.15, 0.2) is 0 Å². The second-order valence-corrected chi connectivity index (χ2v) is 8.49. The molecule has 0 heterocycles. The van der Waals surface area contributed by atoms with E-state index in [1.165, 1.54) is 18.2 Å². The van der Waals surface area contributed by atoms with Crippen molar-refractivity contribution in [3.05, 3.63) is 93.7 Å². The van der Waals surface area contributed by atoms with E-state index < -0.39 is 11.8 Å². The molecule has 30 heavy (non-hydrogen) atoms. The summed E-state index contributed by atoms with van der Waals surface area (Å²) in [7, 11) is 0. The molecule has 3 rings (SSSR count). The van der Waals surface area contributed by atoms with Gasteiger partial charge in [-0.3, -0.25) is 0 Å². The third-order valence-electron chi connectivity index (χ3n) is 4.27. The number of nitrogens with two attached hydrogens (primary N) is 1. The first-order valence-electron chi connectivity index (χ1n) is 9.15. The standard InChI is InChI=1S/C22H20Cl2FN3OS/c23-14-8-9-20(26)18(12-14)21(17-6-1-2-7-19(17)24)30-11-10-27-22(29)28-16-5-3-4-15(25)13-16/h1-9,12-13,21H,10-11,26H2,(H2,27,28,29). The number of hydrogen-bond donors (Lipinski definition) is 3. The summed E-state index contributed by atoms with van der Waals surface area (Å²) in [6.45, 7) is 0.396. The van der Waals surface area contributed by atoms with Crippen LogP contribution >= 0.6 is 35.0 Å². The van der Waals surface area contributed by atoms with E-state index in [2.05, 4.69) is 10.6 Å². The molecule has 8 heteroatoms. The van der Waals surface area contributed by atoms with Crippen molar-refractivity contribution in [2.45, 2.75) is 5.25 Å². The lowest BCUT2D eigenvalue weighted by atomic mass is 10.0. The van der Waals surface area contributed by atoms with Crippen molar-refractivity contribution < 1.29 is 9.18 Å². The number of benzene rings is 3. The molecule has 0 radical (unpaired) electrons. The topological polar surface area (TPSA) is 67.1 Å². The predicted octanol–water partition coefficient (Wildman–Crippen LogP) is 6.36. The zero-order chi connectivity index (χ0) is 21.5. The molecule has 0 saturated heterocycles. The van der Waals surface area contributed by atoms with Crippen LogP contribution in [0.2, 0.25) is 10.0 Å². The van der Waals surface area contributed by atoms with Gasteiger partial charge in [0, 0.05) is 33.7 Å². The monoisotopic (exact) mass is 463 g/mol. The van der Waals surface area contributed by atoms with E-state index in [4.69, 9.17) is 28.9 Å². The molecular formula is C22H20Cl2FN3OS. The maximum Gasteiger partial charge on any atom is 0.319 e. The van der Waals surface area contributed by atoms with Gasteiger partial charge in [0.2, 0.25) is 0 Å². The molecule has 0 aliphatic rings. The highest BCUT2D eigenvalue weighted by Gasteiger charge is 2.20. The number of nitrogens with one attached hydrogen (secondary N) is 2. The minimum Gasteiger partial charge on any atom is -0.398 e. The fraction of sp³-hybridized carbons (Fsp3) is 0.136. The van der Waals surface area contributed by atoms with Gasteiger partial charge in [-0.2, -0.15) is 0 Å². The van der Waals surface area contributed by atoms with E-state index in [1.807, 2.05) is 30.3 Å². The van der Waals surface area contributed by atoms with Crippen LogP contribution in [0, 0.1) is 5.82 Å². The summed E-state index contributed by atoms with van der Waals surface area (Å²) in [5.41, 5.74) is 9.00. The zero-order valence-corrected chi connectivity index (χ0v) is 18.2. The lowest BCUT2D eigenvalue weighted by Gasteiger charge is -2.21. The van der Waals surface area contributed by atoms with Gasteiger partial charge in [-0.25, -0.2) is 9.18 Å². The van der Waals surface area contributed by atoms with Crippen LogP contribution in [0.1, 0.15) is 16.4 Å². The molecule has 2 amide bonds. The van der Waals surface area contributed by atoms with Crippen LogP contribution in [0.25, 0.3) is 0 Å². The minimum absolute atomic E-state index is 0.148. The Kier molecular flexibility index (Phi) is 7.85. The van der Waals surface area contributed by atoms with Gasteiger partial charge in [0.1, 0.15) is 5.82 Å². The zero-order valence-electron chi connectivity index (χ0n) is 15.9. The molecule has 0 saturated carbocycles. The number of rotatable bonds is 7. The number of hydrogen-bond acceptors (Lipinski definition) is 3. The van der Waals surface area contributed by atoms with Crippen LogP contribution in [-0.2, 0) is 0 Å². The van der Waals surface area contributed by atoms with Crippen molar-refractivity contribution in [2.24, 2.45) is 0 Å². The second kappa shape index (κ2) is 10.6. The molecule has 0 aliphatic carbocycles. The van der Waals surface area contributed by atoms with Crippen LogP contribution in [-0.4, -0.2) is 18.3 Å². The van der Waals surface area contributed by atoms with E-state index in [0.29, 0.717) is 33.7 Å². The predicted molar refractivity (Wildman–Crippen MR) is 125 cm³/mol. The van der Waals surface area contributed by atoms with Crippen molar-refractivity contribution >= 4 is 52.4 Å². The molecule has 3 aromatic rings. The maximum atomic E-state index is 13.2. The Labute approximate surface area is 189 Å². The average Bonchev–Trinajstić information content (AvgIpc) is 2.71. The first kappa shape index (κ1) is 22.3. The maximum absolute atomic E-state index is 13.2. The SMILES string of the molecule is Nc1ccc(Cl)cc1C(SCCNC(=O)Nc1cccc(F)c1)c1ccccc1Cl. The van der Waals surface area contributed by atoms with E-state index in [9.17, 15) is 9.18 Å². The molecule has 0 fully saturated rings. The number of halogens is 3. The van der Waals surface area contributed by atoms with E-state index in [-0.39, 0.29) is 5.25 Å². The Balaban J connectivity index is 1.65. The van der Waals surface area contributed by atoms with E-state index in [0.717, 1.165) is 11.1 Å². The summed E-state index contributed by atoms with van der Waals surface area (Å²) >= 11 is 14.2. The molecule has 4 nitrogen and oxygen atoms in total. The van der Waals surface area contributed by atoms with Gasteiger partial charge < -0.3 is 16.4 Å². The highest BCUT2D eigenvalue weighted by molar-refractivity contribution is 7.99. The Morgan fingerprint density at radius 1 is 1.03 bits per heavy atom. The molecular weight excluding hydrogens is 444 g/mol. The second-order valence-electron chi connectivity index (χ2n) is 6.44. The number of carbonyl (C=O) groups excluding carboxylic acids is 1. The molecule has 4 N–H and O–H groups in total. The number of carbonyl (C=O) groups is 1. The van der Waals surface area contributed by atoms with Gasteiger partial charge in [0.05, 0.1) is 5.25 Å². The van der Waals surface area contributed by atoms with Gasteiger partial charge in [0.25, 0.3) is 0 Å². The van der Waals surface area contributed by atoms with Crippen LogP contribution in [0.15, 0.2) is 66.7 Å². The largest absolute Gasteiger partial charge is 0.398 e. The van der Waals surface area contributed by atoms with E-state index in [1.54, 1.807) is 30.0 Å².